The van der Waals surface area contributed by atoms with Crippen LogP contribution in [0, 0.1) is 5.92 Å². The van der Waals surface area contributed by atoms with Crippen molar-refractivity contribution in [3.8, 4) is 0 Å². The van der Waals surface area contributed by atoms with Crippen molar-refractivity contribution in [3.63, 3.8) is 0 Å². The molecule has 3 N–H and O–H groups in total. The fourth-order valence-corrected chi connectivity index (χ4v) is 3.60. The van der Waals surface area contributed by atoms with E-state index in [2.05, 4.69) is 10.6 Å². The number of carbonyl (C=O) groups is 3. The van der Waals surface area contributed by atoms with Gasteiger partial charge in [0.05, 0.1) is 31.3 Å². The van der Waals surface area contributed by atoms with Crippen molar-refractivity contribution in [2.45, 2.75) is 56.9 Å². The molecule has 1 atom stereocenters. The average Bonchev–Trinajstić information content (AvgIpc) is 3.13. The summed E-state index contributed by atoms with van der Waals surface area (Å²) in [5.74, 6) is -1.10. The minimum Gasteiger partial charge on any atom is -0.463 e. The molecule has 1 spiro atoms. The Hall–Kier alpha value is -1.93. The van der Waals surface area contributed by atoms with Crippen LogP contribution in [0.15, 0.2) is 12.2 Å². The molecule has 1 fully saturated rings. The molecule has 0 bridgehead atoms. The van der Waals surface area contributed by atoms with Crippen LogP contribution in [0.5, 0.6) is 0 Å². The Morgan fingerprint density at radius 2 is 2.07 bits per heavy atom. The van der Waals surface area contributed by atoms with Crippen LogP contribution < -0.4 is 10.6 Å². The van der Waals surface area contributed by atoms with E-state index in [9.17, 15) is 14.4 Å². The number of amides is 2. The maximum atomic E-state index is 12.9. The quantitative estimate of drug-likeness (QED) is 0.334. The second kappa shape index (κ2) is 11.8. The predicted molar refractivity (Wildman–Crippen MR) is 102 cm³/mol. The third-order valence-electron chi connectivity index (χ3n) is 5.17. The lowest BCUT2D eigenvalue weighted by Gasteiger charge is -2.31. The summed E-state index contributed by atoms with van der Waals surface area (Å²) in [5.41, 5.74) is -0.511. The van der Waals surface area contributed by atoms with Crippen molar-refractivity contribution in [1.82, 2.24) is 10.6 Å². The molecule has 2 rings (SSSR count). The summed E-state index contributed by atoms with van der Waals surface area (Å²) in [6.45, 7) is 1.03. The zero-order valence-electron chi connectivity index (χ0n) is 16.4. The molecule has 1 heterocycles. The Morgan fingerprint density at radius 1 is 1.29 bits per heavy atom. The highest BCUT2D eigenvalue weighted by atomic mass is 16.5. The molecular weight excluding hydrogens is 364 g/mol. The number of carbonyl (C=O) groups excluding carboxylic acids is 3. The van der Waals surface area contributed by atoms with Gasteiger partial charge in [-0.25, -0.2) is 0 Å². The Kier molecular flexibility index (Phi) is 9.43. The van der Waals surface area contributed by atoms with Gasteiger partial charge in [0.25, 0.3) is 0 Å². The highest BCUT2D eigenvalue weighted by molar-refractivity contribution is 5.86. The summed E-state index contributed by atoms with van der Waals surface area (Å²) in [4.78, 5) is 37.0. The van der Waals surface area contributed by atoms with E-state index in [0.717, 1.165) is 25.7 Å². The van der Waals surface area contributed by atoms with Crippen LogP contribution in [-0.4, -0.2) is 61.4 Å². The topological polar surface area (TPSA) is 114 Å². The molecule has 0 aromatic heterocycles. The van der Waals surface area contributed by atoms with Crippen molar-refractivity contribution in [2.24, 2.45) is 5.92 Å². The van der Waals surface area contributed by atoms with Gasteiger partial charge in [-0.3, -0.25) is 14.4 Å². The number of esters is 1. The van der Waals surface area contributed by atoms with Crippen LogP contribution in [0.2, 0.25) is 0 Å². The molecule has 8 nitrogen and oxygen atoms in total. The predicted octanol–water partition coefficient (Wildman–Crippen LogP) is 0.830. The molecule has 28 heavy (non-hydrogen) atoms. The van der Waals surface area contributed by atoms with E-state index in [4.69, 9.17) is 14.6 Å². The van der Waals surface area contributed by atoms with Crippen LogP contribution in [0.25, 0.3) is 0 Å². The van der Waals surface area contributed by atoms with Gasteiger partial charge in [0.15, 0.2) is 0 Å². The lowest BCUT2D eigenvalue weighted by atomic mass is 9.93. The second-order valence-electron chi connectivity index (χ2n) is 7.47. The highest BCUT2D eigenvalue weighted by Crippen LogP contribution is 2.31. The van der Waals surface area contributed by atoms with E-state index in [1.54, 1.807) is 0 Å². The monoisotopic (exact) mass is 396 g/mol. The molecule has 2 amide bonds. The Bertz CT molecular complexity index is 557. The first-order chi connectivity index (χ1) is 13.5. The van der Waals surface area contributed by atoms with E-state index in [0.29, 0.717) is 32.4 Å². The van der Waals surface area contributed by atoms with E-state index >= 15 is 0 Å². The van der Waals surface area contributed by atoms with Gasteiger partial charge >= 0.3 is 5.97 Å². The lowest BCUT2D eigenvalue weighted by Crippen LogP contribution is -2.52. The van der Waals surface area contributed by atoms with E-state index in [1.807, 2.05) is 12.2 Å². The first-order valence-corrected chi connectivity index (χ1v) is 10.1. The summed E-state index contributed by atoms with van der Waals surface area (Å²) in [5, 5.41) is 14.5. The number of ether oxygens (including phenoxy) is 2. The van der Waals surface area contributed by atoms with Gasteiger partial charge < -0.3 is 25.2 Å². The maximum Gasteiger partial charge on any atom is 0.306 e. The lowest BCUT2D eigenvalue weighted by molar-refractivity contribution is -0.147. The third kappa shape index (κ3) is 7.59. The van der Waals surface area contributed by atoms with Crippen molar-refractivity contribution in [3.05, 3.63) is 12.2 Å². The molecule has 158 valence electrons. The number of rotatable bonds is 7. The second-order valence-corrected chi connectivity index (χ2v) is 7.47. The van der Waals surface area contributed by atoms with E-state index in [1.165, 1.54) is 0 Å². The van der Waals surface area contributed by atoms with Gasteiger partial charge in [-0.2, -0.15) is 0 Å². The Morgan fingerprint density at radius 3 is 2.82 bits per heavy atom. The minimum atomic E-state index is -0.511. The molecule has 0 radical (unpaired) electrons. The molecule has 1 unspecified atom stereocenters. The summed E-state index contributed by atoms with van der Waals surface area (Å²) >= 11 is 0. The summed E-state index contributed by atoms with van der Waals surface area (Å²) in [6, 6.07) is 0. The SMILES string of the molecule is O=C(CC1CC=CCCC(=O)OCC2(CCCC2)NC1=O)NCCOCCO. The normalized spacial score (nSPS) is 22.8. The molecule has 2 aliphatic rings. The van der Waals surface area contributed by atoms with Gasteiger partial charge in [0.2, 0.25) is 11.8 Å². The number of allylic oxidation sites excluding steroid dienone is 2. The minimum absolute atomic E-state index is 0.0560. The summed E-state index contributed by atoms with van der Waals surface area (Å²) in [6.07, 6.45) is 8.66. The van der Waals surface area contributed by atoms with Gasteiger partial charge in [-0.1, -0.05) is 25.0 Å². The van der Waals surface area contributed by atoms with E-state index < -0.39 is 11.5 Å². The van der Waals surface area contributed by atoms with Gasteiger partial charge in [0, 0.05) is 19.4 Å². The van der Waals surface area contributed by atoms with Gasteiger partial charge in [-0.15, -0.1) is 0 Å². The Labute approximate surface area is 166 Å². The van der Waals surface area contributed by atoms with Crippen LogP contribution in [-0.2, 0) is 23.9 Å². The van der Waals surface area contributed by atoms with Crippen molar-refractivity contribution in [1.29, 1.82) is 0 Å². The van der Waals surface area contributed by atoms with Crippen LogP contribution >= 0.6 is 0 Å². The molecule has 1 aliphatic heterocycles. The van der Waals surface area contributed by atoms with Crippen LogP contribution in [0.1, 0.15) is 51.4 Å². The number of aliphatic hydroxyl groups is 1. The molecular formula is C20H32N2O6. The first-order valence-electron chi connectivity index (χ1n) is 10.1. The number of aliphatic hydroxyl groups excluding tert-OH is 1. The van der Waals surface area contributed by atoms with Crippen LogP contribution in [0.3, 0.4) is 0 Å². The Balaban J connectivity index is 1.96. The van der Waals surface area contributed by atoms with Crippen molar-refractivity contribution >= 4 is 17.8 Å². The first kappa shape index (κ1) is 22.4. The molecule has 8 heteroatoms. The third-order valence-corrected chi connectivity index (χ3v) is 5.17. The van der Waals surface area contributed by atoms with Gasteiger partial charge in [-0.05, 0) is 25.7 Å². The molecule has 0 aromatic rings. The molecule has 1 saturated carbocycles. The largest absolute Gasteiger partial charge is 0.463 e. The van der Waals surface area contributed by atoms with Gasteiger partial charge in [0.1, 0.15) is 6.61 Å². The number of hydrogen-bond donors (Lipinski definition) is 3. The zero-order chi connectivity index (χ0) is 20.2. The highest BCUT2D eigenvalue weighted by Gasteiger charge is 2.38. The number of cyclic esters (lactones) is 1. The maximum absolute atomic E-state index is 12.9. The zero-order valence-corrected chi connectivity index (χ0v) is 16.4. The molecule has 1 aliphatic carbocycles. The number of hydrogen-bond acceptors (Lipinski definition) is 6. The summed E-state index contributed by atoms with van der Waals surface area (Å²) < 4.78 is 10.5. The molecule has 0 saturated heterocycles. The summed E-state index contributed by atoms with van der Waals surface area (Å²) in [7, 11) is 0. The molecule has 0 aromatic carbocycles. The average molecular weight is 396 g/mol. The van der Waals surface area contributed by atoms with Crippen molar-refractivity contribution < 1.29 is 29.0 Å². The van der Waals surface area contributed by atoms with Crippen LogP contribution in [0.4, 0.5) is 0 Å². The van der Waals surface area contributed by atoms with E-state index in [-0.39, 0.29) is 44.0 Å². The van der Waals surface area contributed by atoms with Crippen molar-refractivity contribution in [2.75, 3.05) is 33.0 Å². The number of nitrogens with one attached hydrogen (secondary N) is 2. The fraction of sp³-hybridized carbons (Fsp3) is 0.750. The fourth-order valence-electron chi connectivity index (χ4n) is 3.60. The smallest absolute Gasteiger partial charge is 0.306 e. The standard InChI is InChI=1S/C20H32N2O6/c23-11-13-27-12-10-21-17(24)14-16-6-2-1-3-7-18(25)28-15-20(22-19(16)26)8-4-5-9-20/h1-2,16,23H,3-15H2,(H,21,24)(H,22,26).